The molecular weight excluding hydrogens is 202 g/mol. The van der Waals surface area contributed by atoms with Gasteiger partial charge in [-0.3, -0.25) is 4.79 Å². The molecule has 3 heteroatoms. The third-order valence-corrected chi connectivity index (χ3v) is 3.05. The van der Waals surface area contributed by atoms with Crippen LogP contribution in [0.15, 0.2) is 24.3 Å². The van der Waals surface area contributed by atoms with Crippen LogP contribution in [0.2, 0.25) is 0 Å². The molecule has 0 amide bonds. The van der Waals surface area contributed by atoms with E-state index in [0.717, 1.165) is 24.1 Å². The summed E-state index contributed by atoms with van der Waals surface area (Å²) in [4.78, 5) is 11.1. The minimum absolute atomic E-state index is 0.389. The van der Waals surface area contributed by atoms with Crippen molar-refractivity contribution in [3.8, 4) is 0 Å². The first-order valence-corrected chi connectivity index (χ1v) is 5.65. The van der Waals surface area contributed by atoms with Gasteiger partial charge in [0.25, 0.3) is 0 Å². The summed E-state index contributed by atoms with van der Waals surface area (Å²) in [7, 11) is 0. The van der Waals surface area contributed by atoms with Gasteiger partial charge in [-0.2, -0.15) is 0 Å². The second-order valence-electron chi connectivity index (χ2n) is 4.76. The Bertz CT molecular complexity index is 391. The number of aliphatic carboxylic acids is 1. The van der Waals surface area contributed by atoms with Crippen LogP contribution in [-0.4, -0.2) is 17.1 Å². The fraction of sp³-hybridized carbons (Fsp3) is 0.462. The predicted molar refractivity (Wildman–Crippen MR) is 63.7 cm³/mol. The number of anilines is 1. The zero-order valence-electron chi connectivity index (χ0n) is 9.66. The summed E-state index contributed by atoms with van der Waals surface area (Å²) in [6.07, 6.45) is 1.53. The third kappa shape index (κ3) is 1.90. The molecule has 16 heavy (non-hydrogen) atoms. The van der Waals surface area contributed by atoms with Gasteiger partial charge in [-0.25, -0.2) is 0 Å². The molecule has 2 N–H and O–H groups in total. The largest absolute Gasteiger partial charge is 0.481 e. The summed E-state index contributed by atoms with van der Waals surface area (Å²) < 4.78 is 0. The number of nitrogens with one attached hydrogen (secondary N) is 1. The van der Waals surface area contributed by atoms with Crippen LogP contribution in [0.1, 0.15) is 32.3 Å². The van der Waals surface area contributed by atoms with Crippen molar-refractivity contribution in [2.45, 2.75) is 38.1 Å². The number of carboxylic acids is 1. The first kappa shape index (κ1) is 11.0. The molecule has 2 rings (SSSR count). The molecule has 1 saturated carbocycles. The maximum atomic E-state index is 11.1. The van der Waals surface area contributed by atoms with Crippen LogP contribution in [0.25, 0.3) is 0 Å². The molecule has 0 aliphatic heterocycles. The monoisotopic (exact) mass is 219 g/mol. The Kier molecular flexibility index (Phi) is 2.62. The molecule has 3 nitrogen and oxygen atoms in total. The summed E-state index contributed by atoms with van der Waals surface area (Å²) in [6.45, 7) is 4.15. The molecule has 1 aromatic carbocycles. The molecule has 1 aliphatic carbocycles. The van der Waals surface area contributed by atoms with E-state index in [9.17, 15) is 4.79 Å². The summed E-state index contributed by atoms with van der Waals surface area (Å²) in [6, 6.07) is 8.15. The van der Waals surface area contributed by atoms with Gasteiger partial charge in [0, 0.05) is 11.7 Å². The van der Waals surface area contributed by atoms with Gasteiger partial charge in [0.1, 0.15) is 0 Å². The molecule has 86 valence electrons. The molecule has 0 aromatic heterocycles. The smallest absolute Gasteiger partial charge is 0.314 e. The van der Waals surface area contributed by atoms with Gasteiger partial charge in [-0.15, -0.1) is 0 Å². The van der Waals surface area contributed by atoms with Crippen LogP contribution in [0.3, 0.4) is 0 Å². The lowest BCUT2D eigenvalue weighted by atomic mass is 9.96. The van der Waals surface area contributed by atoms with E-state index in [-0.39, 0.29) is 0 Å². The van der Waals surface area contributed by atoms with Crippen molar-refractivity contribution in [3.63, 3.8) is 0 Å². The molecule has 0 spiro atoms. The third-order valence-electron chi connectivity index (χ3n) is 3.05. The molecule has 1 aliphatic rings. The topological polar surface area (TPSA) is 49.3 Å². The average molecular weight is 219 g/mol. The van der Waals surface area contributed by atoms with Crippen molar-refractivity contribution in [3.05, 3.63) is 29.8 Å². The number of hydrogen-bond donors (Lipinski definition) is 2. The quantitative estimate of drug-likeness (QED) is 0.818. The SMILES string of the molecule is CC(C)Nc1ccc(C2(C(=O)O)CC2)cc1. The maximum absolute atomic E-state index is 11.1. The van der Waals surface area contributed by atoms with Gasteiger partial charge in [-0.05, 0) is 44.4 Å². The number of carbonyl (C=O) groups is 1. The lowest BCUT2D eigenvalue weighted by Crippen LogP contribution is -2.19. The highest BCUT2D eigenvalue weighted by atomic mass is 16.4. The summed E-state index contributed by atoms with van der Waals surface area (Å²) in [5.74, 6) is -0.697. The fourth-order valence-electron chi connectivity index (χ4n) is 1.97. The number of carboxylic acid groups (broad SMARTS) is 1. The second-order valence-corrected chi connectivity index (χ2v) is 4.76. The summed E-state index contributed by atoms with van der Waals surface area (Å²) in [5, 5.41) is 12.4. The highest BCUT2D eigenvalue weighted by molar-refractivity contribution is 5.85. The Hall–Kier alpha value is -1.51. The van der Waals surface area contributed by atoms with Crippen molar-refractivity contribution in [1.82, 2.24) is 0 Å². The zero-order valence-corrected chi connectivity index (χ0v) is 9.66. The molecule has 1 fully saturated rings. The van der Waals surface area contributed by atoms with Gasteiger partial charge in [0.05, 0.1) is 5.41 Å². The normalized spacial score (nSPS) is 17.2. The van der Waals surface area contributed by atoms with Crippen molar-refractivity contribution >= 4 is 11.7 Å². The lowest BCUT2D eigenvalue weighted by Gasteiger charge is -2.13. The van der Waals surface area contributed by atoms with Crippen LogP contribution in [-0.2, 0) is 10.2 Å². The van der Waals surface area contributed by atoms with E-state index in [2.05, 4.69) is 19.2 Å². The predicted octanol–water partition coefficient (Wildman–Crippen LogP) is 2.62. The van der Waals surface area contributed by atoms with Crippen LogP contribution in [0.5, 0.6) is 0 Å². The molecule has 0 heterocycles. The molecule has 0 radical (unpaired) electrons. The van der Waals surface area contributed by atoms with Gasteiger partial charge < -0.3 is 10.4 Å². The molecule has 1 aromatic rings. The molecular formula is C13H17NO2. The summed E-state index contributed by atoms with van der Waals surface area (Å²) in [5.41, 5.74) is 1.38. The van der Waals surface area contributed by atoms with Crippen LogP contribution >= 0.6 is 0 Å². The van der Waals surface area contributed by atoms with Crippen LogP contribution in [0.4, 0.5) is 5.69 Å². The second kappa shape index (κ2) is 3.81. The Balaban J connectivity index is 2.17. The highest BCUT2D eigenvalue weighted by Gasteiger charge is 2.51. The van der Waals surface area contributed by atoms with E-state index < -0.39 is 11.4 Å². The van der Waals surface area contributed by atoms with E-state index in [4.69, 9.17) is 5.11 Å². The standard InChI is InChI=1S/C13H17NO2/c1-9(2)14-11-5-3-10(4-6-11)13(7-8-13)12(15)16/h3-6,9,14H,7-8H2,1-2H3,(H,15,16). The van der Waals surface area contributed by atoms with Crippen molar-refractivity contribution in [1.29, 1.82) is 0 Å². The van der Waals surface area contributed by atoms with Crippen molar-refractivity contribution < 1.29 is 9.90 Å². The first-order valence-electron chi connectivity index (χ1n) is 5.65. The molecule has 0 saturated heterocycles. The molecule has 0 unspecified atom stereocenters. The molecule has 0 atom stereocenters. The van der Waals surface area contributed by atoms with Gasteiger partial charge in [0.2, 0.25) is 0 Å². The van der Waals surface area contributed by atoms with E-state index in [1.165, 1.54) is 0 Å². The first-order chi connectivity index (χ1) is 7.54. The minimum atomic E-state index is -0.697. The van der Waals surface area contributed by atoms with E-state index in [0.29, 0.717) is 6.04 Å². The Morgan fingerprint density at radius 1 is 1.31 bits per heavy atom. The van der Waals surface area contributed by atoms with Gasteiger partial charge in [0.15, 0.2) is 0 Å². The fourth-order valence-corrected chi connectivity index (χ4v) is 1.97. The number of benzene rings is 1. The number of rotatable bonds is 4. The Morgan fingerprint density at radius 2 is 1.88 bits per heavy atom. The molecule has 0 bridgehead atoms. The Labute approximate surface area is 95.5 Å². The van der Waals surface area contributed by atoms with Gasteiger partial charge >= 0.3 is 5.97 Å². The van der Waals surface area contributed by atoms with Crippen LogP contribution < -0.4 is 5.32 Å². The summed E-state index contributed by atoms with van der Waals surface area (Å²) >= 11 is 0. The Morgan fingerprint density at radius 3 is 2.25 bits per heavy atom. The van der Waals surface area contributed by atoms with Gasteiger partial charge in [-0.1, -0.05) is 12.1 Å². The van der Waals surface area contributed by atoms with E-state index in [1.807, 2.05) is 24.3 Å². The zero-order chi connectivity index (χ0) is 11.8. The number of hydrogen-bond acceptors (Lipinski definition) is 2. The van der Waals surface area contributed by atoms with Crippen molar-refractivity contribution in [2.24, 2.45) is 0 Å². The van der Waals surface area contributed by atoms with E-state index >= 15 is 0 Å². The maximum Gasteiger partial charge on any atom is 0.314 e. The average Bonchev–Trinajstić information content (AvgIpc) is 2.98. The van der Waals surface area contributed by atoms with Crippen molar-refractivity contribution in [2.75, 3.05) is 5.32 Å². The minimum Gasteiger partial charge on any atom is -0.481 e. The van der Waals surface area contributed by atoms with Crippen LogP contribution in [0, 0.1) is 0 Å². The highest BCUT2D eigenvalue weighted by Crippen LogP contribution is 2.48. The lowest BCUT2D eigenvalue weighted by molar-refractivity contribution is -0.140. The van der Waals surface area contributed by atoms with E-state index in [1.54, 1.807) is 0 Å².